The molecule has 0 spiro atoms. The van der Waals surface area contributed by atoms with Crippen molar-refractivity contribution in [3.63, 3.8) is 0 Å². The second kappa shape index (κ2) is 5.53. The molecule has 2 nitrogen and oxygen atoms in total. The summed E-state index contributed by atoms with van der Waals surface area (Å²) >= 11 is 0. The summed E-state index contributed by atoms with van der Waals surface area (Å²) in [5.74, 6) is 2.81. The molecule has 0 amide bonds. The van der Waals surface area contributed by atoms with Gasteiger partial charge in [0.15, 0.2) is 0 Å². The highest BCUT2D eigenvalue weighted by molar-refractivity contribution is 5.06. The van der Waals surface area contributed by atoms with Crippen molar-refractivity contribution in [2.75, 3.05) is 7.05 Å². The minimum Gasteiger partial charge on any atom is -0.468 e. The molecule has 1 unspecified atom stereocenters. The smallest absolute Gasteiger partial charge is 0.120 e. The van der Waals surface area contributed by atoms with Gasteiger partial charge in [0.2, 0.25) is 0 Å². The van der Waals surface area contributed by atoms with E-state index in [9.17, 15) is 0 Å². The van der Waals surface area contributed by atoms with Gasteiger partial charge in [0.05, 0.1) is 12.3 Å². The van der Waals surface area contributed by atoms with Crippen molar-refractivity contribution < 1.29 is 4.42 Å². The lowest BCUT2D eigenvalue weighted by molar-refractivity contribution is 0.208. The van der Waals surface area contributed by atoms with Crippen molar-refractivity contribution in [3.8, 4) is 0 Å². The van der Waals surface area contributed by atoms with Crippen LogP contribution in [0.2, 0.25) is 0 Å². The minimum absolute atomic E-state index is 0.410. The summed E-state index contributed by atoms with van der Waals surface area (Å²) in [7, 11) is 2.04. The molecule has 90 valence electrons. The van der Waals surface area contributed by atoms with Gasteiger partial charge in [-0.15, -0.1) is 0 Å². The third-order valence-corrected chi connectivity index (χ3v) is 4.10. The number of rotatable bonds is 4. The first-order valence-corrected chi connectivity index (χ1v) is 6.55. The highest BCUT2D eigenvalue weighted by Crippen LogP contribution is 2.37. The zero-order valence-corrected chi connectivity index (χ0v) is 10.4. The van der Waals surface area contributed by atoms with Gasteiger partial charge in [-0.3, -0.25) is 0 Å². The van der Waals surface area contributed by atoms with Crippen LogP contribution in [0.3, 0.4) is 0 Å². The number of furan rings is 1. The Morgan fingerprint density at radius 1 is 1.38 bits per heavy atom. The van der Waals surface area contributed by atoms with Crippen LogP contribution < -0.4 is 5.32 Å². The molecular formula is C14H23NO. The largest absolute Gasteiger partial charge is 0.468 e. The Balaban J connectivity index is 1.96. The SMILES string of the molecule is CCC1CCC(C(NC)c2ccco2)CC1. The average molecular weight is 221 g/mol. The number of hydrogen-bond donors (Lipinski definition) is 1. The van der Waals surface area contributed by atoms with Gasteiger partial charge in [-0.1, -0.05) is 26.2 Å². The summed E-state index contributed by atoms with van der Waals surface area (Å²) < 4.78 is 5.53. The maximum Gasteiger partial charge on any atom is 0.120 e. The monoisotopic (exact) mass is 221 g/mol. The average Bonchev–Trinajstić information content (AvgIpc) is 2.85. The summed E-state index contributed by atoms with van der Waals surface area (Å²) in [4.78, 5) is 0. The predicted molar refractivity (Wildman–Crippen MR) is 66.2 cm³/mol. The molecule has 0 radical (unpaired) electrons. The summed E-state index contributed by atoms with van der Waals surface area (Å²) in [6.07, 6.45) is 8.57. The Labute approximate surface area is 98.4 Å². The topological polar surface area (TPSA) is 25.2 Å². The van der Waals surface area contributed by atoms with Gasteiger partial charge >= 0.3 is 0 Å². The molecule has 1 fully saturated rings. The molecule has 1 aromatic rings. The van der Waals surface area contributed by atoms with Crippen LogP contribution in [0.25, 0.3) is 0 Å². The van der Waals surface area contributed by atoms with E-state index >= 15 is 0 Å². The summed E-state index contributed by atoms with van der Waals surface area (Å²) in [6, 6.07) is 4.48. The van der Waals surface area contributed by atoms with Crippen molar-refractivity contribution in [2.24, 2.45) is 11.8 Å². The maximum atomic E-state index is 5.53. The molecule has 2 rings (SSSR count). The minimum atomic E-state index is 0.410. The molecule has 1 heterocycles. The Bertz CT molecular complexity index is 286. The van der Waals surface area contributed by atoms with Crippen molar-refractivity contribution >= 4 is 0 Å². The molecule has 1 aromatic heterocycles. The van der Waals surface area contributed by atoms with Gasteiger partial charge in [0, 0.05) is 0 Å². The first-order valence-electron chi connectivity index (χ1n) is 6.55. The van der Waals surface area contributed by atoms with Crippen molar-refractivity contribution in [3.05, 3.63) is 24.2 Å². The number of hydrogen-bond acceptors (Lipinski definition) is 2. The molecule has 0 bridgehead atoms. The summed E-state index contributed by atoms with van der Waals surface area (Å²) in [5.41, 5.74) is 0. The maximum absolute atomic E-state index is 5.53. The Kier molecular flexibility index (Phi) is 4.05. The van der Waals surface area contributed by atoms with E-state index in [0.717, 1.165) is 17.6 Å². The molecule has 0 saturated heterocycles. The molecule has 1 saturated carbocycles. The zero-order valence-electron chi connectivity index (χ0n) is 10.4. The Morgan fingerprint density at radius 3 is 2.62 bits per heavy atom. The first kappa shape index (κ1) is 11.7. The van der Waals surface area contributed by atoms with E-state index in [1.807, 2.05) is 13.1 Å². The zero-order chi connectivity index (χ0) is 11.4. The Morgan fingerprint density at radius 2 is 2.12 bits per heavy atom. The van der Waals surface area contributed by atoms with Gasteiger partial charge in [-0.25, -0.2) is 0 Å². The van der Waals surface area contributed by atoms with E-state index in [-0.39, 0.29) is 0 Å². The highest BCUT2D eigenvalue weighted by atomic mass is 16.3. The molecule has 1 atom stereocenters. The van der Waals surface area contributed by atoms with Gasteiger partial charge in [-0.05, 0) is 43.9 Å². The van der Waals surface area contributed by atoms with Gasteiger partial charge in [-0.2, -0.15) is 0 Å². The van der Waals surface area contributed by atoms with E-state index in [4.69, 9.17) is 4.42 Å². The first-order chi connectivity index (χ1) is 7.85. The van der Waals surface area contributed by atoms with Crippen molar-refractivity contribution in [1.29, 1.82) is 0 Å². The third kappa shape index (κ3) is 2.49. The molecule has 16 heavy (non-hydrogen) atoms. The normalized spacial score (nSPS) is 27.9. The molecule has 1 aliphatic carbocycles. The van der Waals surface area contributed by atoms with Crippen LogP contribution in [-0.2, 0) is 0 Å². The number of nitrogens with one attached hydrogen (secondary N) is 1. The molecule has 0 aliphatic heterocycles. The van der Waals surface area contributed by atoms with Crippen molar-refractivity contribution in [2.45, 2.75) is 45.1 Å². The second-order valence-electron chi connectivity index (χ2n) is 4.97. The molecule has 0 aromatic carbocycles. The van der Waals surface area contributed by atoms with Crippen LogP contribution in [0.4, 0.5) is 0 Å². The van der Waals surface area contributed by atoms with Crippen LogP contribution in [0, 0.1) is 11.8 Å². The standard InChI is InChI=1S/C14H23NO/c1-3-11-6-8-12(9-7-11)14(15-2)13-5-4-10-16-13/h4-5,10-12,14-15H,3,6-9H2,1-2H3. The molecular weight excluding hydrogens is 198 g/mol. The van der Waals surface area contributed by atoms with Gasteiger partial charge < -0.3 is 9.73 Å². The van der Waals surface area contributed by atoms with Crippen LogP contribution in [-0.4, -0.2) is 7.05 Å². The lowest BCUT2D eigenvalue weighted by Crippen LogP contribution is -2.28. The Hall–Kier alpha value is -0.760. The molecule has 1 N–H and O–H groups in total. The summed E-state index contributed by atoms with van der Waals surface area (Å²) in [5, 5.41) is 3.41. The lowest BCUT2D eigenvalue weighted by atomic mass is 9.77. The van der Waals surface area contributed by atoms with Crippen LogP contribution >= 0.6 is 0 Å². The fourth-order valence-electron chi connectivity index (χ4n) is 3.01. The van der Waals surface area contributed by atoms with E-state index in [1.54, 1.807) is 6.26 Å². The fraction of sp³-hybridized carbons (Fsp3) is 0.714. The van der Waals surface area contributed by atoms with Crippen molar-refractivity contribution in [1.82, 2.24) is 5.32 Å². The van der Waals surface area contributed by atoms with E-state index in [0.29, 0.717) is 6.04 Å². The van der Waals surface area contributed by atoms with E-state index in [2.05, 4.69) is 18.3 Å². The fourth-order valence-corrected chi connectivity index (χ4v) is 3.01. The second-order valence-corrected chi connectivity index (χ2v) is 4.97. The van der Waals surface area contributed by atoms with Crippen LogP contribution in [0.5, 0.6) is 0 Å². The quantitative estimate of drug-likeness (QED) is 0.837. The lowest BCUT2D eigenvalue weighted by Gasteiger charge is -2.32. The van der Waals surface area contributed by atoms with Crippen LogP contribution in [0.15, 0.2) is 22.8 Å². The van der Waals surface area contributed by atoms with Gasteiger partial charge in [0.1, 0.15) is 5.76 Å². The van der Waals surface area contributed by atoms with Crippen LogP contribution in [0.1, 0.15) is 50.8 Å². The molecule has 1 aliphatic rings. The highest BCUT2D eigenvalue weighted by Gasteiger charge is 2.28. The van der Waals surface area contributed by atoms with E-state index < -0.39 is 0 Å². The van der Waals surface area contributed by atoms with E-state index in [1.165, 1.54) is 32.1 Å². The summed E-state index contributed by atoms with van der Waals surface area (Å²) in [6.45, 7) is 2.31. The molecule has 2 heteroatoms. The third-order valence-electron chi connectivity index (χ3n) is 4.10. The van der Waals surface area contributed by atoms with Gasteiger partial charge in [0.25, 0.3) is 0 Å². The predicted octanol–water partition coefficient (Wildman–Crippen LogP) is 3.76.